The van der Waals surface area contributed by atoms with Gasteiger partial charge in [0, 0.05) is 18.4 Å². The Morgan fingerprint density at radius 2 is 2.40 bits per heavy atom. The van der Waals surface area contributed by atoms with Gasteiger partial charge >= 0.3 is 0 Å². The van der Waals surface area contributed by atoms with E-state index in [1.54, 1.807) is 6.07 Å². The van der Waals surface area contributed by atoms with Crippen molar-refractivity contribution in [2.45, 2.75) is 18.9 Å². The lowest BCUT2D eigenvalue weighted by Crippen LogP contribution is -2.26. The summed E-state index contributed by atoms with van der Waals surface area (Å²) in [5.41, 5.74) is 0.587. The van der Waals surface area contributed by atoms with E-state index >= 15 is 0 Å². The first-order valence-electron chi connectivity index (χ1n) is 6.27. The largest absolute Gasteiger partial charge is 0.384 e. The van der Waals surface area contributed by atoms with Crippen molar-refractivity contribution in [1.29, 1.82) is 0 Å². The topological polar surface area (TPSA) is 88.5 Å². The van der Waals surface area contributed by atoms with E-state index in [1.807, 2.05) is 0 Å². The van der Waals surface area contributed by atoms with Gasteiger partial charge in [0.1, 0.15) is 12.4 Å². The van der Waals surface area contributed by atoms with E-state index in [0.29, 0.717) is 12.2 Å². The van der Waals surface area contributed by atoms with E-state index < -0.39 is 10.0 Å². The van der Waals surface area contributed by atoms with Crippen molar-refractivity contribution in [3.05, 3.63) is 23.9 Å². The summed E-state index contributed by atoms with van der Waals surface area (Å²) < 4.78 is 31.7. The minimum atomic E-state index is -3.49. The van der Waals surface area contributed by atoms with Gasteiger partial charge in [0.25, 0.3) is 0 Å². The molecule has 1 unspecified atom stereocenters. The molecule has 0 bridgehead atoms. The highest BCUT2D eigenvalue weighted by Gasteiger charge is 2.23. The van der Waals surface area contributed by atoms with Crippen LogP contribution in [0.3, 0.4) is 0 Å². The van der Waals surface area contributed by atoms with Crippen molar-refractivity contribution in [3.63, 3.8) is 0 Å². The summed E-state index contributed by atoms with van der Waals surface area (Å²) >= 11 is 0. The van der Waals surface area contributed by atoms with Crippen LogP contribution in [0.15, 0.2) is 18.3 Å². The predicted molar refractivity (Wildman–Crippen MR) is 74.6 cm³/mol. The zero-order chi connectivity index (χ0) is 14.4. The molecule has 2 N–H and O–H groups in total. The average Bonchev–Trinajstić information content (AvgIpc) is 2.88. The molecular weight excluding hydrogens is 280 g/mol. The van der Waals surface area contributed by atoms with Crippen LogP contribution in [0.2, 0.25) is 0 Å². The van der Waals surface area contributed by atoms with Crippen LogP contribution in [-0.2, 0) is 14.8 Å². The van der Waals surface area contributed by atoms with Gasteiger partial charge in [-0.1, -0.05) is 11.8 Å². The molecule has 1 aromatic rings. The Kier molecular flexibility index (Phi) is 4.95. The van der Waals surface area contributed by atoms with Crippen molar-refractivity contribution in [2.75, 3.05) is 23.7 Å². The number of hydrogen-bond acceptors (Lipinski definition) is 5. The lowest BCUT2D eigenvalue weighted by atomic mass is 10.2. The quantitative estimate of drug-likeness (QED) is 0.783. The maximum atomic E-state index is 12.0. The number of nitrogens with zero attached hydrogens (tertiary/aromatic N) is 1. The molecule has 108 valence electrons. The highest BCUT2D eigenvalue weighted by atomic mass is 32.2. The monoisotopic (exact) mass is 296 g/mol. The van der Waals surface area contributed by atoms with Crippen molar-refractivity contribution in [1.82, 2.24) is 4.98 Å². The fourth-order valence-electron chi connectivity index (χ4n) is 1.93. The first-order chi connectivity index (χ1) is 9.59. The van der Waals surface area contributed by atoms with Gasteiger partial charge in [0.2, 0.25) is 10.0 Å². The molecule has 2 heterocycles. The number of aromatic nitrogens is 1. The number of rotatable bonds is 4. The van der Waals surface area contributed by atoms with E-state index in [4.69, 9.17) is 9.84 Å². The second-order valence-electron chi connectivity index (χ2n) is 4.41. The summed E-state index contributed by atoms with van der Waals surface area (Å²) in [6.07, 6.45) is 2.87. The average molecular weight is 296 g/mol. The fraction of sp³-hybridized carbons (Fsp3) is 0.462. The number of aliphatic hydroxyl groups excluding tert-OH is 1. The molecule has 20 heavy (non-hydrogen) atoms. The zero-order valence-electron chi connectivity index (χ0n) is 10.9. The van der Waals surface area contributed by atoms with Crippen molar-refractivity contribution < 1.29 is 18.3 Å². The van der Waals surface area contributed by atoms with E-state index in [0.717, 1.165) is 12.8 Å². The summed E-state index contributed by atoms with van der Waals surface area (Å²) in [6, 6.07) is 3.16. The van der Waals surface area contributed by atoms with Crippen LogP contribution in [0.5, 0.6) is 0 Å². The molecule has 1 atom stereocenters. The van der Waals surface area contributed by atoms with Gasteiger partial charge < -0.3 is 9.84 Å². The Labute approximate surface area is 118 Å². The second kappa shape index (κ2) is 6.70. The molecule has 1 fully saturated rings. The third-order valence-electron chi connectivity index (χ3n) is 2.76. The molecule has 1 saturated heterocycles. The molecule has 1 aromatic heterocycles. The molecule has 7 heteroatoms. The highest BCUT2D eigenvalue weighted by molar-refractivity contribution is 7.92. The lowest BCUT2D eigenvalue weighted by Gasteiger charge is -2.11. The van der Waals surface area contributed by atoms with E-state index in [-0.39, 0.29) is 24.3 Å². The standard InChI is InChI=1S/C13H16N2O4S/c16-7-1-3-11-5-6-14-13(9-11)15-20(17,18)10-12-4-2-8-19-12/h5-6,9,12,16H,2,4,7-8,10H2,(H,14,15). The number of ether oxygens (including phenoxy) is 1. The summed E-state index contributed by atoms with van der Waals surface area (Å²) in [6.45, 7) is 0.368. The third-order valence-corrected chi connectivity index (χ3v) is 4.09. The Balaban J connectivity index is 2.04. The van der Waals surface area contributed by atoms with E-state index in [2.05, 4.69) is 21.5 Å². The number of pyridine rings is 1. The third kappa shape index (κ3) is 4.49. The maximum absolute atomic E-state index is 12.0. The normalized spacial score (nSPS) is 18.4. The Morgan fingerprint density at radius 3 is 3.10 bits per heavy atom. The Hall–Kier alpha value is -1.62. The van der Waals surface area contributed by atoms with Crippen LogP contribution in [0.4, 0.5) is 5.82 Å². The molecule has 0 amide bonds. The van der Waals surface area contributed by atoms with Crippen LogP contribution in [0, 0.1) is 11.8 Å². The predicted octanol–water partition coefficient (Wildman–Crippen LogP) is 0.346. The van der Waals surface area contributed by atoms with Crippen molar-refractivity contribution >= 4 is 15.8 Å². The summed E-state index contributed by atoms with van der Waals surface area (Å²) in [7, 11) is -3.49. The van der Waals surface area contributed by atoms with Gasteiger partial charge in [-0.3, -0.25) is 4.72 Å². The molecule has 2 rings (SSSR count). The highest BCUT2D eigenvalue weighted by Crippen LogP contribution is 2.15. The molecule has 0 aliphatic carbocycles. The van der Waals surface area contributed by atoms with Gasteiger partial charge in [-0.25, -0.2) is 13.4 Å². The maximum Gasteiger partial charge on any atom is 0.236 e. The lowest BCUT2D eigenvalue weighted by molar-refractivity contribution is 0.127. The fourth-order valence-corrected chi connectivity index (χ4v) is 3.19. The smallest absolute Gasteiger partial charge is 0.236 e. The number of hydrogen-bond donors (Lipinski definition) is 2. The minimum absolute atomic E-state index is 0.0682. The van der Waals surface area contributed by atoms with Crippen LogP contribution in [-0.4, -0.2) is 43.6 Å². The SMILES string of the molecule is O=S(=O)(CC1CCCO1)Nc1cc(C#CCO)ccn1. The number of nitrogens with one attached hydrogen (secondary N) is 1. The molecular formula is C13H16N2O4S. The molecule has 1 aliphatic heterocycles. The number of sulfonamides is 1. The van der Waals surface area contributed by atoms with E-state index in [1.165, 1.54) is 12.3 Å². The van der Waals surface area contributed by atoms with E-state index in [9.17, 15) is 8.42 Å². The number of aliphatic hydroxyl groups is 1. The van der Waals surface area contributed by atoms with Gasteiger partial charge in [0.15, 0.2) is 0 Å². The van der Waals surface area contributed by atoms with Gasteiger partial charge in [-0.15, -0.1) is 0 Å². The molecule has 1 aliphatic rings. The molecule has 0 radical (unpaired) electrons. The van der Waals surface area contributed by atoms with Crippen molar-refractivity contribution in [2.24, 2.45) is 0 Å². The minimum Gasteiger partial charge on any atom is -0.384 e. The first kappa shape index (κ1) is 14.8. The van der Waals surface area contributed by atoms with Gasteiger partial charge in [-0.2, -0.15) is 0 Å². The summed E-state index contributed by atoms with van der Waals surface area (Å²) in [5.74, 6) is 5.34. The van der Waals surface area contributed by atoms with Gasteiger partial charge in [0.05, 0.1) is 11.9 Å². The van der Waals surface area contributed by atoms with Crippen LogP contribution in [0.25, 0.3) is 0 Å². The molecule has 0 spiro atoms. The van der Waals surface area contributed by atoms with Crippen LogP contribution in [0.1, 0.15) is 18.4 Å². The van der Waals surface area contributed by atoms with Crippen LogP contribution >= 0.6 is 0 Å². The number of anilines is 1. The Morgan fingerprint density at radius 1 is 1.55 bits per heavy atom. The van der Waals surface area contributed by atoms with Crippen LogP contribution < -0.4 is 4.72 Å². The zero-order valence-corrected chi connectivity index (χ0v) is 11.7. The summed E-state index contributed by atoms with van der Waals surface area (Å²) in [4.78, 5) is 3.95. The molecule has 0 aromatic carbocycles. The molecule has 6 nitrogen and oxygen atoms in total. The first-order valence-corrected chi connectivity index (χ1v) is 7.92. The molecule has 0 saturated carbocycles. The summed E-state index contributed by atoms with van der Waals surface area (Å²) in [5, 5.41) is 8.63. The second-order valence-corrected chi connectivity index (χ2v) is 6.18. The van der Waals surface area contributed by atoms with Crippen molar-refractivity contribution in [3.8, 4) is 11.8 Å². The Bertz CT molecular complexity index is 613. The van der Waals surface area contributed by atoms with Gasteiger partial charge in [-0.05, 0) is 25.0 Å².